The minimum absolute atomic E-state index is 0.0464. The fraction of sp³-hybridized carbons (Fsp3) is 0.647. The molecule has 1 aliphatic heterocycles. The van der Waals surface area contributed by atoms with Gasteiger partial charge in [-0.1, -0.05) is 11.6 Å². The van der Waals surface area contributed by atoms with Crippen molar-refractivity contribution in [3.8, 4) is 0 Å². The molecule has 7 nitrogen and oxygen atoms in total. The van der Waals surface area contributed by atoms with Crippen LogP contribution in [0.5, 0.6) is 0 Å². The van der Waals surface area contributed by atoms with Crippen LogP contribution in [0.2, 0.25) is 5.15 Å². The van der Waals surface area contributed by atoms with E-state index in [-0.39, 0.29) is 23.1 Å². The number of hydrogen-bond acceptors (Lipinski definition) is 5. The molecule has 0 radical (unpaired) electrons. The van der Waals surface area contributed by atoms with Gasteiger partial charge < -0.3 is 15.0 Å². The third kappa shape index (κ3) is 4.39. The van der Waals surface area contributed by atoms with Crippen molar-refractivity contribution in [1.82, 2.24) is 15.1 Å². The zero-order valence-corrected chi connectivity index (χ0v) is 15.4. The number of aromatic nitrogens is 2. The zero-order valence-electron chi connectivity index (χ0n) is 14.7. The lowest BCUT2D eigenvalue weighted by molar-refractivity contribution is -0.119. The molecular weight excluding hydrogens is 344 g/mol. The fourth-order valence-corrected chi connectivity index (χ4v) is 3.70. The van der Waals surface area contributed by atoms with E-state index < -0.39 is 5.60 Å². The minimum Gasteiger partial charge on any atom is -0.444 e. The molecule has 0 aromatic carbocycles. The molecule has 1 aliphatic carbocycles. The summed E-state index contributed by atoms with van der Waals surface area (Å²) >= 11 is 5.69. The van der Waals surface area contributed by atoms with Gasteiger partial charge in [0.1, 0.15) is 5.60 Å². The summed E-state index contributed by atoms with van der Waals surface area (Å²) in [5.41, 5.74) is -0.489. The molecule has 2 unspecified atom stereocenters. The van der Waals surface area contributed by atoms with Gasteiger partial charge in [-0.05, 0) is 57.6 Å². The van der Waals surface area contributed by atoms with Crippen molar-refractivity contribution in [1.29, 1.82) is 0 Å². The summed E-state index contributed by atoms with van der Waals surface area (Å²) in [6.07, 6.45) is 1.28. The Labute approximate surface area is 152 Å². The monoisotopic (exact) mass is 366 g/mol. The molecule has 0 bridgehead atoms. The number of fused-ring (bicyclic) bond motifs is 1. The first-order valence-electron chi connectivity index (χ1n) is 8.49. The normalized spacial score (nSPS) is 25.6. The number of anilines is 1. The highest BCUT2D eigenvalue weighted by Gasteiger charge is 2.45. The molecule has 1 saturated heterocycles. The van der Waals surface area contributed by atoms with Crippen molar-refractivity contribution in [3.63, 3.8) is 0 Å². The van der Waals surface area contributed by atoms with E-state index in [0.717, 1.165) is 12.8 Å². The van der Waals surface area contributed by atoms with Gasteiger partial charge in [-0.25, -0.2) is 4.79 Å². The Morgan fingerprint density at radius 3 is 2.36 bits per heavy atom. The molecular formula is C17H23ClN4O3. The Bertz CT molecular complexity index is 645. The molecule has 0 spiro atoms. The maximum Gasteiger partial charge on any atom is 0.410 e. The number of carbonyl (C=O) groups is 2. The second-order valence-corrected chi connectivity index (χ2v) is 8.19. The van der Waals surface area contributed by atoms with Gasteiger partial charge in [-0.2, -0.15) is 0 Å². The molecule has 2 heterocycles. The van der Waals surface area contributed by atoms with Gasteiger partial charge in [0.25, 0.3) is 0 Å². The van der Waals surface area contributed by atoms with E-state index in [1.165, 1.54) is 0 Å². The summed E-state index contributed by atoms with van der Waals surface area (Å²) in [5, 5.41) is 10.6. The van der Waals surface area contributed by atoms with E-state index >= 15 is 0 Å². The lowest BCUT2D eigenvalue weighted by Gasteiger charge is -2.25. The van der Waals surface area contributed by atoms with Gasteiger partial charge in [0.15, 0.2) is 11.0 Å². The summed E-state index contributed by atoms with van der Waals surface area (Å²) in [6.45, 7) is 6.90. The molecule has 1 saturated carbocycles. The Balaban J connectivity index is 1.51. The number of carbonyl (C=O) groups excluding carboxylic acids is 2. The zero-order chi connectivity index (χ0) is 18.2. The van der Waals surface area contributed by atoms with Crippen molar-refractivity contribution < 1.29 is 14.3 Å². The van der Waals surface area contributed by atoms with Gasteiger partial charge in [-0.15, -0.1) is 10.2 Å². The van der Waals surface area contributed by atoms with E-state index in [9.17, 15) is 9.59 Å². The topological polar surface area (TPSA) is 84.4 Å². The van der Waals surface area contributed by atoms with Gasteiger partial charge in [0.2, 0.25) is 5.91 Å². The predicted molar refractivity (Wildman–Crippen MR) is 93.2 cm³/mol. The van der Waals surface area contributed by atoms with Crippen molar-refractivity contribution in [3.05, 3.63) is 17.3 Å². The maximum atomic E-state index is 12.4. The second kappa shape index (κ2) is 6.78. The standard InChI is InChI=1S/C17H23ClN4O3/c1-17(2,3)25-16(24)22-8-11-6-10(7-12(11)9-22)15(23)19-14-5-4-13(18)20-21-14/h4-5,10-12H,6-9H2,1-3H3,(H,19,21,23). The summed E-state index contributed by atoms with van der Waals surface area (Å²) in [7, 11) is 0. The van der Waals surface area contributed by atoms with E-state index in [1.54, 1.807) is 17.0 Å². The number of nitrogens with one attached hydrogen (secondary N) is 1. The SMILES string of the molecule is CC(C)(C)OC(=O)N1CC2CC(C(=O)Nc3ccc(Cl)nn3)CC2C1. The first kappa shape index (κ1) is 17.9. The largest absolute Gasteiger partial charge is 0.444 e. The number of likely N-dealkylation sites (tertiary alicyclic amines) is 1. The van der Waals surface area contributed by atoms with Crippen LogP contribution in [-0.2, 0) is 9.53 Å². The van der Waals surface area contributed by atoms with Gasteiger partial charge in [0.05, 0.1) is 0 Å². The van der Waals surface area contributed by atoms with Crippen LogP contribution in [-0.4, -0.2) is 45.8 Å². The number of hydrogen-bond donors (Lipinski definition) is 1. The molecule has 2 aliphatic rings. The molecule has 136 valence electrons. The van der Waals surface area contributed by atoms with Crippen LogP contribution in [0.15, 0.2) is 12.1 Å². The Morgan fingerprint density at radius 2 is 1.84 bits per heavy atom. The summed E-state index contributed by atoms with van der Waals surface area (Å²) in [5.74, 6) is 0.990. The Morgan fingerprint density at radius 1 is 1.20 bits per heavy atom. The average Bonchev–Trinajstić information content (AvgIpc) is 3.06. The number of amides is 2. The maximum absolute atomic E-state index is 12.4. The smallest absolute Gasteiger partial charge is 0.410 e. The van der Waals surface area contributed by atoms with Crippen molar-refractivity contribution >= 4 is 29.4 Å². The Hall–Kier alpha value is -1.89. The second-order valence-electron chi connectivity index (χ2n) is 7.80. The third-order valence-corrected chi connectivity index (χ3v) is 4.86. The van der Waals surface area contributed by atoms with Crippen molar-refractivity contribution in [2.45, 2.75) is 39.2 Å². The third-order valence-electron chi connectivity index (χ3n) is 4.66. The first-order chi connectivity index (χ1) is 11.7. The molecule has 25 heavy (non-hydrogen) atoms. The molecule has 1 aromatic rings. The molecule has 3 rings (SSSR count). The van der Waals surface area contributed by atoms with Gasteiger partial charge in [0, 0.05) is 19.0 Å². The van der Waals surface area contributed by atoms with Crippen LogP contribution in [0.25, 0.3) is 0 Å². The summed E-state index contributed by atoms with van der Waals surface area (Å²) in [4.78, 5) is 26.4. The number of ether oxygens (including phenoxy) is 1. The minimum atomic E-state index is -0.489. The van der Waals surface area contributed by atoms with E-state index in [4.69, 9.17) is 16.3 Å². The molecule has 2 atom stereocenters. The van der Waals surface area contributed by atoms with Crippen LogP contribution < -0.4 is 5.32 Å². The Kier molecular flexibility index (Phi) is 4.86. The van der Waals surface area contributed by atoms with E-state index in [1.807, 2.05) is 20.8 Å². The first-order valence-corrected chi connectivity index (χ1v) is 8.87. The van der Waals surface area contributed by atoms with Gasteiger partial charge >= 0.3 is 6.09 Å². The highest BCUT2D eigenvalue weighted by atomic mass is 35.5. The van der Waals surface area contributed by atoms with E-state index in [0.29, 0.717) is 30.7 Å². The summed E-state index contributed by atoms with van der Waals surface area (Å²) < 4.78 is 5.43. The number of rotatable bonds is 2. The number of nitrogens with zero attached hydrogens (tertiary/aromatic N) is 3. The number of halogens is 1. The van der Waals surface area contributed by atoms with Gasteiger partial charge in [-0.3, -0.25) is 4.79 Å². The quantitative estimate of drug-likeness (QED) is 0.869. The summed E-state index contributed by atoms with van der Waals surface area (Å²) in [6, 6.07) is 3.22. The lowest BCUT2D eigenvalue weighted by atomic mass is 10.0. The molecule has 8 heteroatoms. The molecule has 1 N–H and O–H groups in total. The fourth-order valence-electron chi connectivity index (χ4n) is 3.60. The molecule has 2 fully saturated rings. The molecule has 2 amide bonds. The van der Waals surface area contributed by atoms with Crippen molar-refractivity contribution in [2.75, 3.05) is 18.4 Å². The van der Waals surface area contributed by atoms with E-state index in [2.05, 4.69) is 15.5 Å². The van der Waals surface area contributed by atoms with Crippen LogP contribution in [0.1, 0.15) is 33.6 Å². The predicted octanol–water partition coefficient (Wildman–Crippen LogP) is 2.96. The molecule has 1 aromatic heterocycles. The average molecular weight is 367 g/mol. The highest BCUT2D eigenvalue weighted by molar-refractivity contribution is 6.29. The van der Waals surface area contributed by atoms with Crippen LogP contribution in [0, 0.1) is 17.8 Å². The van der Waals surface area contributed by atoms with Crippen LogP contribution >= 0.6 is 11.6 Å². The lowest BCUT2D eigenvalue weighted by Crippen LogP contribution is -2.36. The van der Waals surface area contributed by atoms with Crippen LogP contribution in [0.3, 0.4) is 0 Å². The van der Waals surface area contributed by atoms with Crippen LogP contribution in [0.4, 0.5) is 10.6 Å². The highest BCUT2D eigenvalue weighted by Crippen LogP contribution is 2.42. The van der Waals surface area contributed by atoms with Crippen molar-refractivity contribution in [2.24, 2.45) is 17.8 Å².